The number of hydrogen-bond donors (Lipinski definition) is 2. The fraction of sp³-hybridized carbons (Fsp3) is 0.571. The fourth-order valence-corrected chi connectivity index (χ4v) is 2.34. The molecule has 0 radical (unpaired) electrons. The van der Waals surface area contributed by atoms with Gasteiger partial charge in [-0.25, -0.2) is 10.8 Å². The third-order valence-electron chi connectivity index (χ3n) is 3.74. The van der Waals surface area contributed by atoms with Crippen LogP contribution >= 0.6 is 0 Å². The van der Waals surface area contributed by atoms with E-state index in [2.05, 4.69) is 22.2 Å². The number of rotatable bonds is 6. The molecule has 0 unspecified atom stereocenters. The van der Waals surface area contributed by atoms with Crippen LogP contribution in [0.15, 0.2) is 18.2 Å². The fourth-order valence-electron chi connectivity index (χ4n) is 2.34. The molecular weight excluding hydrogens is 240 g/mol. The van der Waals surface area contributed by atoms with Crippen molar-refractivity contribution in [3.8, 4) is 0 Å². The van der Waals surface area contributed by atoms with E-state index in [1.165, 1.54) is 19.3 Å². The highest BCUT2D eigenvalue weighted by molar-refractivity contribution is 5.91. The molecule has 1 aromatic heterocycles. The molecule has 0 saturated heterocycles. The van der Waals surface area contributed by atoms with Crippen molar-refractivity contribution >= 4 is 5.91 Å². The number of nitrogens with zero attached hydrogens (tertiary/aromatic N) is 2. The Morgan fingerprint density at radius 2 is 2.32 bits per heavy atom. The van der Waals surface area contributed by atoms with E-state index in [9.17, 15) is 4.79 Å². The molecule has 1 aliphatic carbocycles. The Bertz CT molecular complexity index is 431. The summed E-state index contributed by atoms with van der Waals surface area (Å²) >= 11 is 0. The number of carbonyl (C=O) groups excluding carboxylic acids is 1. The molecule has 0 aromatic carbocycles. The van der Waals surface area contributed by atoms with Crippen molar-refractivity contribution in [2.24, 2.45) is 11.8 Å². The van der Waals surface area contributed by atoms with Gasteiger partial charge in [-0.15, -0.1) is 0 Å². The van der Waals surface area contributed by atoms with Crippen LogP contribution in [0.5, 0.6) is 0 Å². The first-order chi connectivity index (χ1) is 9.22. The van der Waals surface area contributed by atoms with Gasteiger partial charge in [0.15, 0.2) is 0 Å². The molecule has 5 heteroatoms. The highest BCUT2D eigenvalue weighted by Crippen LogP contribution is 2.27. The Morgan fingerprint density at radius 3 is 2.89 bits per heavy atom. The summed E-state index contributed by atoms with van der Waals surface area (Å²) < 4.78 is 0. The van der Waals surface area contributed by atoms with Crippen molar-refractivity contribution in [1.82, 2.24) is 15.3 Å². The maximum atomic E-state index is 11.4. The zero-order valence-electron chi connectivity index (χ0n) is 11.4. The molecule has 3 N–H and O–H groups in total. The minimum absolute atomic E-state index is 0.344. The van der Waals surface area contributed by atoms with Gasteiger partial charge in [0.1, 0.15) is 5.69 Å². The molecule has 1 saturated carbocycles. The lowest BCUT2D eigenvalue weighted by Crippen LogP contribution is -2.33. The molecule has 104 valence electrons. The zero-order valence-corrected chi connectivity index (χ0v) is 11.4. The third kappa shape index (κ3) is 3.75. The Labute approximate surface area is 114 Å². The van der Waals surface area contributed by atoms with Gasteiger partial charge >= 0.3 is 0 Å². The summed E-state index contributed by atoms with van der Waals surface area (Å²) in [5.41, 5.74) is 3.40. The largest absolute Gasteiger partial charge is 0.298 e. The lowest BCUT2D eigenvalue weighted by Gasteiger charge is -2.31. The highest BCUT2D eigenvalue weighted by Gasteiger charge is 2.20. The quantitative estimate of drug-likeness (QED) is 0.460. The SMILES string of the molecule is CCN(Cc1cccc(C(=O)NN)n1)CC1CCC1. The van der Waals surface area contributed by atoms with E-state index in [1.807, 2.05) is 12.1 Å². The van der Waals surface area contributed by atoms with Crippen LogP contribution in [0.3, 0.4) is 0 Å². The minimum atomic E-state index is -0.344. The normalized spacial score (nSPS) is 15.3. The second-order valence-corrected chi connectivity index (χ2v) is 5.11. The number of hydrazine groups is 1. The molecule has 0 atom stereocenters. The molecule has 19 heavy (non-hydrogen) atoms. The number of nitrogens with one attached hydrogen (secondary N) is 1. The maximum Gasteiger partial charge on any atom is 0.283 e. The van der Waals surface area contributed by atoms with E-state index >= 15 is 0 Å². The molecule has 1 aromatic rings. The van der Waals surface area contributed by atoms with Crippen molar-refractivity contribution < 1.29 is 4.79 Å². The van der Waals surface area contributed by atoms with E-state index in [0.29, 0.717) is 5.69 Å². The summed E-state index contributed by atoms with van der Waals surface area (Å²) in [5.74, 6) is 5.62. The molecule has 0 spiro atoms. The molecule has 1 amide bonds. The smallest absolute Gasteiger partial charge is 0.283 e. The molecule has 5 nitrogen and oxygen atoms in total. The second-order valence-electron chi connectivity index (χ2n) is 5.11. The number of nitrogens with two attached hydrogens (primary N) is 1. The highest BCUT2D eigenvalue weighted by atomic mass is 16.2. The van der Waals surface area contributed by atoms with Crippen LogP contribution in [0, 0.1) is 5.92 Å². The van der Waals surface area contributed by atoms with Gasteiger partial charge in [0, 0.05) is 13.1 Å². The van der Waals surface area contributed by atoms with Crippen LogP contribution in [-0.4, -0.2) is 28.9 Å². The third-order valence-corrected chi connectivity index (χ3v) is 3.74. The van der Waals surface area contributed by atoms with Crippen molar-refractivity contribution in [3.05, 3.63) is 29.6 Å². The number of nitrogen functional groups attached to an aromatic ring is 1. The van der Waals surface area contributed by atoms with Crippen LogP contribution in [0.4, 0.5) is 0 Å². The van der Waals surface area contributed by atoms with Gasteiger partial charge in [-0.05, 0) is 37.4 Å². The summed E-state index contributed by atoms with van der Waals surface area (Å²) in [6.45, 7) is 5.09. The predicted octanol–water partition coefficient (Wildman–Crippen LogP) is 1.31. The summed E-state index contributed by atoms with van der Waals surface area (Å²) in [7, 11) is 0. The number of hydrogen-bond acceptors (Lipinski definition) is 4. The summed E-state index contributed by atoms with van der Waals surface area (Å²) in [5, 5.41) is 0. The van der Waals surface area contributed by atoms with Crippen molar-refractivity contribution in [2.75, 3.05) is 13.1 Å². The van der Waals surface area contributed by atoms with Gasteiger partial charge in [-0.3, -0.25) is 15.1 Å². The standard InChI is InChI=1S/C14H22N4O/c1-2-18(9-11-5-3-6-11)10-12-7-4-8-13(16-12)14(19)17-15/h4,7-8,11H,2-3,5-6,9-10,15H2,1H3,(H,17,19). The Balaban J connectivity index is 1.97. The first kappa shape index (κ1) is 14.0. The number of amides is 1. The van der Waals surface area contributed by atoms with Crippen molar-refractivity contribution in [2.45, 2.75) is 32.7 Å². The Hall–Kier alpha value is -1.46. The average molecular weight is 262 g/mol. The van der Waals surface area contributed by atoms with E-state index in [-0.39, 0.29) is 5.91 Å². The average Bonchev–Trinajstić information content (AvgIpc) is 2.40. The first-order valence-corrected chi connectivity index (χ1v) is 6.92. The minimum Gasteiger partial charge on any atom is -0.298 e. The van der Waals surface area contributed by atoms with Crippen LogP contribution in [0.1, 0.15) is 42.4 Å². The molecule has 1 fully saturated rings. The van der Waals surface area contributed by atoms with E-state index in [4.69, 9.17) is 5.84 Å². The van der Waals surface area contributed by atoms with E-state index < -0.39 is 0 Å². The second kappa shape index (κ2) is 6.63. The lowest BCUT2D eigenvalue weighted by atomic mass is 9.85. The summed E-state index contributed by atoms with van der Waals surface area (Å²) in [4.78, 5) is 18.2. The first-order valence-electron chi connectivity index (χ1n) is 6.92. The summed E-state index contributed by atoms with van der Waals surface area (Å²) in [6.07, 6.45) is 4.06. The van der Waals surface area contributed by atoms with Gasteiger partial charge in [0.2, 0.25) is 0 Å². The molecular formula is C14H22N4O. The van der Waals surface area contributed by atoms with Crippen LogP contribution < -0.4 is 11.3 Å². The number of pyridine rings is 1. The maximum absolute atomic E-state index is 11.4. The monoisotopic (exact) mass is 262 g/mol. The topological polar surface area (TPSA) is 71.2 Å². The van der Waals surface area contributed by atoms with Gasteiger partial charge in [-0.2, -0.15) is 0 Å². The van der Waals surface area contributed by atoms with Gasteiger partial charge in [0.25, 0.3) is 5.91 Å². The molecule has 0 aliphatic heterocycles. The molecule has 0 bridgehead atoms. The molecule has 1 heterocycles. The van der Waals surface area contributed by atoms with Crippen LogP contribution in [0.25, 0.3) is 0 Å². The molecule has 1 aliphatic rings. The number of carbonyl (C=O) groups is 1. The number of aromatic nitrogens is 1. The van der Waals surface area contributed by atoms with E-state index in [1.54, 1.807) is 6.07 Å². The van der Waals surface area contributed by atoms with Gasteiger partial charge in [-0.1, -0.05) is 19.4 Å². The predicted molar refractivity (Wildman–Crippen MR) is 74.2 cm³/mol. The van der Waals surface area contributed by atoms with Crippen LogP contribution in [0.2, 0.25) is 0 Å². The Kier molecular flexibility index (Phi) is 4.87. The van der Waals surface area contributed by atoms with Gasteiger partial charge < -0.3 is 0 Å². The van der Waals surface area contributed by atoms with Crippen molar-refractivity contribution in [3.63, 3.8) is 0 Å². The zero-order chi connectivity index (χ0) is 13.7. The van der Waals surface area contributed by atoms with Crippen molar-refractivity contribution in [1.29, 1.82) is 0 Å². The molecule has 2 rings (SSSR count). The van der Waals surface area contributed by atoms with Gasteiger partial charge in [0.05, 0.1) is 5.69 Å². The Morgan fingerprint density at radius 1 is 1.53 bits per heavy atom. The lowest BCUT2D eigenvalue weighted by molar-refractivity contribution is 0.0948. The van der Waals surface area contributed by atoms with E-state index in [0.717, 1.165) is 31.2 Å². The summed E-state index contributed by atoms with van der Waals surface area (Å²) in [6, 6.07) is 5.48. The van der Waals surface area contributed by atoms with Crippen LogP contribution in [-0.2, 0) is 6.54 Å².